The lowest BCUT2D eigenvalue weighted by atomic mass is 10.1. The molecule has 1 aromatic rings. The highest BCUT2D eigenvalue weighted by atomic mass is 19.1. The largest absolute Gasteiger partial charge is 0.478 e. The summed E-state index contributed by atoms with van der Waals surface area (Å²) in [7, 11) is 0. The molecule has 1 unspecified atom stereocenters. The summed E-state index contributed by atoms with van der Waals surface area (Å²) in [6.07, 6.45) is 6.16. The molecule has 0 radical (unpaired) electrons. The van der Waals surface area contributed by atoms with E-state index in [0.29, 0.717) is 12.8 Å². The molecule has 1 atom stereocenters. The molecule has 0 fully saturated rings. The second kappa shape index (κ2) is 7.14. The lowest BCUT2D eigenvalue weighted by Gasteiger charge is -2.15. The van der Waals surface area contributed by atoms with Gasteiger partial charge in [0.1, 0.15) is 11.4 Å². The van der Waals surface area contributed by atoms with Crippen LogP contribution in [0, 0.1) is 18.2 Å². The molecule has 0 saturated heterocycles. The Morgan fingerprint density at radius 3 is 2.75 bits per heavy atom. The molecule has 5 nitrogen and oxygen atoms in total. The van der Waals surface area contributed by atoms with Gasteiger partial charge < -0.3 is 15.7 Å². The van der Waals surface area contributed by atoms with Crippen molar-refractivity contribution in [2.45, 2.75) is 25.8 Å². The van der Waals surface area contributed by atoms with Gasteiger partial charge in [-0.25, -0.2) is 14.0 Å². The number of carbonyl (C=O) groups is 2. The van der Waals surface area contributed by atoms with Crippen molar-refractivity contribution in [3.8, 4) is 12.3 Å². The second-order valence-electron chi connectivity index (χ2n) is 4.08. The summed E-state index contributed by atoms with van der Waals surface area (Å²) >= 11 is 0. The third-order valence-corrected chi connectivity index (χ3v) is 2.67. The molecule has 0 aromatic heterocycles. The lowest BCUT2D eigenvalue weighted by Crippen LogP contribution is -2.37. The molecule has 3 N–H and O–H groups in total. The van der Waals surface area contributed by atoms with Crippen LogP contribution in [0.5, 0.6) is 0 Å². The van der Waals surface area contributed by atoms with E-state index in [-0.39, 0.29) is 11.7 Å². The number of carboxylic acid groups (broad SMARTS) is 1. The van der Waals surface area contributed by atoms with Gasteiger partial charge in [0.25, 0.3) is 0 Å². The predicted molar refractivity (Wildman–Crippen MR) is 73.0 cm³/mol. The minimum absolute atomic E-state index is 0.106. The van der Waals surface area contributed by atoms with Crippen LogP contribution in [0.1, 0.15) is 30.1 Å². The lowest BCUT2D eigenvalue weighted by molar-refractivity contribution is 0.0693. The van der Waals surface area contributed by atoms with E-state index in [0.717, 1.165) is 6.07 Å². The molecule has 0 spiro atoms. The minimum Gasteiger partial charge on any atom is -0.478 e. The van der Waals surface area contributed by atoms with E-state index in [2.05, 4.69) is 16.6 Å². The average molecular weight is 278 g/mol. The molecule has 1 aromatic carbocycles. The molecule has 0 bridgehead atoms. The highest BCUT2D eigenvalue weighted by Gasteiger charge is 2.18. The van der Waals surface area contributed by atoms with Gasteiger partial charge in [-0.1, -0.05) is 13.0 Å². The zero-order valence-corrected chi connectivity index (χ0v) is 10.9. The van der Waals surface area contributed by atoms with Gasteiger partial charge in [-0.15, -0.1) is 12.3 Å². The van der Waals surface area contributed by atoms with Gasteiger partial charge in [0, 0.05) is 12.5 Å². The highest BCUT2D eigenvalue weighted by Crippen LogP contribution is 2.18. The number of urea groups is 1. The second-order valence-corrected chi connectivity index (χ2v) is 4.08. The third-order valence-electron chi connectivity index (χ3n) is 2.67. The summed E-state index contributed by atoms with van der Waals surface area (Å²) in [5.74, 6) is 0.0690. The molecule has 6 heteroatoms. The SMILES string of the molecule is C#CCC(CC)NC(=O)Nc1cccc(F)c1C(=O)O. The van der Waals surface area contributed by atoms with Crippen LogP contribution < -0.4 is 10.6 Å². The van der Waals surface area contributed by atoms with Crippen molar-refractivity contribution in [1.29, 1.82) is 0 Å². The number of terminal acetylenes is 1. The van der Waals surface area contributed by atoms with E-state index in [9.17, 15) is 14.0 Å². The Hall–Kier alpha value is -2.55. The van der Waals surface area contributed by atoms with Crippen molar-refractivity contribution in [3.05, 3.63) is 29.6 Å². The van der Waals surface area contributed by atoms with Crippen molar-refractivity contribution in [3.63, 3.8) is 0 Å². The van der Waals surface area contributed by atoms with Gasteiger partial charge in [-0.2, -0.15) is 0 Å². The first-order valence-electron chi connectivity index (χ1n) is 6.02. The number of benzene rings is 1. The number of halogens is 1. The van der Waals surface area contributed by atoms with E-state index < -0.39 is 23.4 Å². The zero-order chi connectivity index (χ0) is 15.1. The van der Waals surface area contributed by atoms with Crippen LogP contribution in [0.2, 0.25) is 0 Å². The summed E-state index contributed by atoms with van der Waals surface area (Å²) in [5.41, 5.74) is -0.682. The fraction of sp³-hybridized carbons (Fsp3) is 0.286. The Labute approximate surface area is 116 Å². The molecule has 1 rings (SSSR count). The maximum Gasteiger partial charge on any atom is 0.340 e. The fourth-order valence-electron chi connectivity index (χ4n) is 1.63. The first-order valence-corrected chi connectivity index (χ1v) is 6.02. The number of rotatable bonds is 5. The molecule has 20 heavy (non-hydrogen) atoms. The number of nitrogens with one attached hydrogen (secondary N) is 2. The molecule has 2 amide bonds. The number of aromatic carboxylic acids is 1. The first kappa shape index (κ1) is 15.5. The van der Waals surface area contributed by atoms with Crippen LogP contribution in [-0.2, 0) is 0 Å². The Morgan fingerprint density at radius 2 is 2.20 bits per heavy atom. The Balaban J connectivity index is 2.84. The van der Waals surface area contributed by atoms with Crippen LogP contribution in [-0.4, -0.2) is 23.1 Å². The quantitative estimate of drug-likeness (QED) is 0.724. The number of hydrogen-bond donors (Lipinski definition) is 3. The topological polar surface area (TPSA) is 78.4 Å². The van der Waals surface area contributed by atoms with Gasteiger partial charge in [-0.05, 0) is 18.6 Å². The van der Waals surface area contributed by atoms with E-state index in [4.69, 9.17) is 11.5 Å². The van der Waals surface area contributed by atoms with Crippen molar-refractivity contribution >= 4 is 17.7 Å². The number of carbonyl (C=O) groups excluding carboxylic acids is 1. The van der Waals surface area contributed by atoms with Gasteiger partial charge in [-0.3, -0.25) is 0 Å². The number of anilines is 1. The van der Waals surface area contributed by atoms with E-state index in [1.54, 1.807) is 0 Å². The van der Waals surface area contributed by atoms with Gasteiger partial charge >= 0.3 is 12.0 Å². The number of amides is 2. The summed E-state index contributed by atoms with van der Waals surface area (Å²) in [4.78, 5) is 22.7. The highest BCUT2D eigenvalue weighted by molar-refractivity contribution is 6.00. The zero-order valence-electron chi connectivity index (χ0n) is 10.9. The molecule has 106 valence electrons. The summed E-state index contributed by atoms with van der Waals surface area (Å²) in [6, 6.07) is 2.80. The fourth-order valence-corrected chi connectivity index (χ4v) is 1.63. The minimum atomic E-state index is -1.45. The molecular weight excluding hydrogens is 263 g/mol. The van der Waals surface area contributed by atoms with E-state index >= 15 is 0 Å². The summed E-state index contributed by atoms with van der Waals surface area (Å²) in [5, 5.41) is 13.8. The van der Waals surface area contributed by atoms with Gasteiger partial charge in [0.05, 0.1) is 5.69 Å². The molecule has 0 aliphatic heterocycles. The maximum atomic E-state index is 13.4. The van der Waals surface area contributed by atoms with Crippen LogP contribution in [0.3, 0.4) is 0 Å². The van der Waals surface area contributed by atoms with E-state index in [1.165, 1.54) is 12.1 Å². The first-order chi connectivity index (χ1) is 9.49. The van der Waals surface area contributed by atoms with Gasteiger partial charge in [0.15, 0.2) is 0 Å². The van der Waals surface area contributed by atoms with Crippen molar-refractivity contribution in [2.75, 3.05) is 5.32 Å². The maximum absolute atomic E-state index is 13.4. The Morgan fingerprint density at radius 1 is 1.50 bits per heavy atom. The molecule has 0 aliphatic rings. The van der Waals surface area contributed by atoms with Gasteiger partial charge in [0.2, 0.25) is 0 Å². The Bertz CT molecular complexity index is 552. The monoisotopic (exact) mass is 278 g/mol. The van der Waals surface area contributed by atoms with Crippen LogP contribution in [0.15, 0.2) is 18.2 Å². The van der Waals surface area contributed by atoms with Crippen molar-refractivity contribution in [1.82, 2.24) is 5.32 Å². The van der Waals surface area contributed by atoms with Crippen molar-refractivity contribution < 1.29 is 19.1 Å². The predicted octanol–water partition coefficient (Wildman–Crippen LogP) is 2.45. The number of carboxylic acids is 1. The van der Waals surface area contributed by atoms with Crippen LogP contribution >= 0.6 is 0 Å². The third kappa shape index (κ3) is 3.99. The summed E-state index contributed by atoms with van der Waals surface area (Å²) in [6.45, 7) is 1.85. The number of hydrogen-bond acceptors (Lipinski definition) is 2. The molecular formula is C14H15FN2O3. The van der Waals surface area contributed by atoms with Crippen LogP contribution in [0.25, 0.3) is 0 Å². The van der Waals surface area contributed by atoms with Crippen LogP contribution in [0.4, 0.5) is 14.9 Å². The smallest absolute Gasteiger partial charge is 0.340 e. The average Bonchev–Trinajstić information content (AvgIpc) is 2.37. The molecule has 0 aliphatic carbocycles. The molecule has 0 heterocycles. The standard InChI is InChI=1S/C14H15FN2O3/c1-3-6-9(4-2)16-14(20)17-11-8-5-7-10(15)12(11)13(18)19/h1,5,7-9H,4,6H2,2H3,(H,18,19)(H2,16,17,20). The summed E-state index contributed by atoms with van der Waals surface area (Å²) < 4.78 is 13.4. The normalized spacial score (nSPS) is 11.2. The molecule has 0 saturated carbocycles. The van der Waals surface area contributed by atoms with Crippen molar-refractivity contribution in [2.24, 2.45) is 0 Å². The Kier molecular flexibility index (Phi) is 5.54. The van der Waals surface area contributed by atoms with E-state index in [1.807, 2.05) is 6.92 Å².